The molecule has 0 fully saturated rings. The summed E-state index contributed by atoms with van der Waals surface area (Å²) < 4.78 is 11.6. The second-order valence-electron chi connectivity index (χ2n) is 5.40. The van der Waals surface area contributed by atoms with Crippen LogP contribution in [0.3, 0.4) is 0 Å². The summed E-state index contributed by atoms with van der Waals surface area (Å²) in [7, 11) is 1.85. The van der Waals surface area contributed by atoms with Gasteiger partial charge in [-0.15, -0.1) is 0 Å². The highest BCUT2D eigenvalue weighted by Crippen LogP contribution is 2.28. The van der Waals surface area contributed by atoms with Crippen LogP contribution in [0.15, 0.2) is 24.3 Å². The van der Waals surface area contributed by atoms with Gasteiger partial charge in [0.15, 0.2) is 11.5 Å². The standard InChI is InChI=1S/C16H27NO3/c1-5-10-19-14-8-6-7-9-15(14)20-13(2)11-16(3,12-18)17-4/h6-9,13,17-18H,5,10-12H2,1-4H3. The molecule has 0 aliphatic heterocycles. The van der Waals surface area contributed by atoms with Crippen LogP contribution in [-0.4, -0.2) is 37.0 Å². The van der Waals surface area contributed by atoms with Gasteiger partial charge in [-0.1, -0.05) is 19.1 Å². The van der Waals surface area contributed by atoms with Crippen LogP contribution < -0.4 is 14.8 Å². The monoisotopic (exact) mass is 281 g/mol. The number of aliphatic hydroxyl groups is 1. The van der Waals surface area contributed by atoms with Crippen molar-refractivity contribution in [3.05, 3.63) is 24.3 Å². The van der Waals surface area contributed by atoms with Crippen LogP contribution in [0, 0.1) is 0 Å². The molecule has 0 amide bonds. The summed E-state index contributed by atoms with van der Waals surface area (Å²) in [5, 5.41) is 12.6. The second kappa shape index (κ2) is 8.12. The molecule has 0 radical (unpaired) electrons. The fourth-order valence-corrected chi connectivity index (χ4v) is 2.02. The average molecular weight is 281 g/mol. The molecule has 0 aliphatic carbocycles. The number of rotatable bonds is 9. The first-order valence-corrected chi connectivity index (χ1v) is 7.23. The quantitative estimate of drug-likeness (QED) is 0.730. The number of aliphatic hydroxyl groups excluding tert-OH is 1. The van der Waals surface area contributed by atoms with Gasteiger partial charge in [-0.2, -0.15) is 0 Å². The van der Waals surface area contributed by atoms with Crippen LogP contribution in [0.2, 0.25) is 0 Å². The average Bonchev–Trinajstić information content (AvgIpc) is 2.46. The van der Waals surface area contributed by atoms with Gasteiger partial charge in [-0.3, -0.25) is 0 Å². The number of likely N-dealkylation sites (N-methyl/N-ethyl adjacent to an activating group) is 1. The van der Waals surface area contributed by atoms with Crippen molar-refractivity contribution in [2.24, 2.45) is 0 Å². The summed E-state index contributed by atoms with van der Waals surface area (Å²) >= 11 is 0. The van der Waals surface area contributed by atoms with Crippen molar-refractivity contribution in [3.8, 4) is 11.5 Å². The molecule has 0 saturated heterocycles. The summed E-state index contributed by atoms with van der Waals surface area (Å²) in [5.74, 6) is 1.53. The molecule has 0 bridgehead atoms. The van der Waals surface area contributed by atoms with Crippen molar-refractivity contribution in [1.29, 1.82) is 0 Å². The van der Waals surface area contributed by atoms with E-state index in [1.54, 1.807) is 0 Å². The molecule has 0 aromatic heterocycles. The molecule has 0 aliphatic rings. The second-order valence-corrected chi connectivity index (χ2v) is 5.40. The van der Waals surface area contributed by atoms with Gasteiger partial charge in [-0.05, 0) is 39.4 Å². The van der Waals surface area contributed by atoms with Crippen molar-refractivity contribution in [3.63, 3.8) is 0 Å². The van der Waals surface area contributed by atoms with Crippen molar-refractivity contribution >= 4 is 0 Å². The number of ether oxygens (including phenoxy) is 2. The van der Waals surface area contributed by atoms with Crippen molar-refractivity contribution in [1.82, 2.24) is 5.32 Å². The van der Waals surface area contributed by atoms with Crippen molar-refractivity contribution in [2.45, 2.75) is 45.3 Å². The molecule has 114 valence electrons. The Labute approximate surface area is 122 Å². The Bertz CT molecular complexity index is 391. The van der Waals surface area contributed by atoms with E-state index in [9.17, 15) is 5.11 Å². The SMILES string of the molecule is CCCOc1ccccc1OC(C)CC(C)(CO)NC. The lowest BCUT2D eigenvalue weighted by Crippen LogP contribution is -2.46. The van der Waals surface area contributed by atoms with Crippen molar-refractivity contribution < 1.29 is 14.6 Å². The van der Waals surface area contributed by atoms with Crippen LogP contribution >= 0.6 is 0 Å². The zero-order valence-corrected chi connectivity index (χ0v) is 13.0. The van der Waals surface area contributed by atoms with Gasteiger partial charge < -0.3 is 19.9 Å². The molecule has 0 heterocycles. The third kappa shape index (κ3) is 5.02. The summed E-state index contributed by atoms with van der Waals surface area (Å²) in [6.45, 7) is 6.81. The minimum atomic E-state index is -0.335. The van der Waals surface area contributed by atoms with Gasteiger partial charge in [0.2, 0.25) is 0 Å². The number of hydrogen-bond donors (Lipinski definition) is 2. The normalized spacial score (nSPS) is 15.4. The molecule has 0 spiro atoms. The molecule has 1 aromatic rings. The maximum absolute atomic E-state index is 9.43. The molecule has 0 saturated carbocycles. The zero-order valence-electron chi connectivity index (χ0n) is 13.0. The lowest BCUT2D eigenvalue weighted by Gasteiger charge is -2.30. The molecule has 1 aromatic carbocycles. The van der Waals surface area contributed by atoms with Crippen LogP contribution in [0.1, 0.15) is 33.6 Å². The molecule has 2 N–H and O–H groups in total. The minimum absolute atomic E-state index is 0.0222. The fourth-order valence-electron chi connectivity index (χ4n) is 2.02. The van der Waals surface area contributed by atoms with E-state index in [0.717, 1.165) is 17.9 Å². The molecule has 2 atom stereocenters. The van der Waals surface area contributed by atoms with E-state index < -0.39 is 0 Å². The first-order chi connectivity index (χ1) is 9.54. The lowest BCUT2D eigenvalue weighted by atomic mass is 9.96. The minimum Gasteiger partial charge on any atom is -0.490 e. The Kier molecular flexibility index (Phi) is 6.82. The molecular weight excluding hydrogens is 254 g/mol. The van der Waals surface area contributed by atoms with E-state index in [2.05, 4.69) is 12.2 Å². The van der Waals surface area contributed by atoms with E-state index in [1.807, 2.05) is 45.2 Å². The Morgan fingerprint density at radius 3 is 2.50 bits per heavy atom. The van der Waals surface area contributed by atoms with Crippen molar-refractivity contribution in [2.75, 3.05) is 20.3 Å². The third-order valence-electron chi connectivity index (χ3n) is 3.33. The van der Waals surface area contributed by atoms with Gasteiger partial charge in [0.25, 0.3) is 0 Å². The smallest absolute Gasteiger partial charge is 0.161 e. The molecule has 1 rings (SSSR count). The topological polar surface area (TPSA) is 50.7 Å². The first kappa shape index (κ1) is 16.8. The largest absolute Gasteiger partial charge is 0.490 e. The number of hydrogen-bond acceptors (Lipinski definition) is 4. The highest BCUT2D eigenvalue weighted by Gasteiger charge is 2.25. The molecular formula is C16H27NO3. The summed E-state index contributed by atoms with van der Waals surface area (Å²) in [6, 6.07) is 7.70. The van der Waals surface area contributed by atoms with Gasteiger partial charge in [0.1, 0.15) is 0 Å². The van der Waals surface area contributed by atoms with E-state index in [-0.39, 0.29) is 18.2 Å². The van der Waals surface area contributed by atoms with Gasteiger partial charge in [0, 0.05) is 12.0 Å². The highest BCUT2D eigenvalue weighted by atomic mass is 16.5. The maximum Gasteiger partial charge on any atom is 0.161 e. The van der Waals surface area contributed by atoms with E-state index in [4.69, 9.17) is 9.47 Å². The van der Waals surface area contributed by atoms with Gasteiger partial charge in [-0.25, -0.2) is 0 Å². The van der Waals surface area contributed by atoms with Crippen LogP contribution in [-0.2, 0) is 0 Å². The predicted octanol–water partition coefficient (Wildman–Crippen LogP) is 2.60. The summed E-state index contributed by atoms with van der Waals surface area (Å²) in [5.41, 5.74) is -0.335. The molecule has 2 unspecified atom stereocenters. The van der Waals surface area contributed by atoms with E-state index in [1.165, 1.54) is 0 Å². The van der Waals surface area contributed by atoms with Crippen LogP contribution in [0.5, 0.6) is 11.5 Å². The van der Waals surface area contributed by atoms with E-state index in [0.29, 0.717) is 13.0 Å². The number of para-hydroxylation sites is 2. The Balaban J connectivity index is 2.67. The van der Waals surface area contributed by atoms with Crippen LogP contribution in [0.25, 0.3) is 0 Å². The van der Waals surface area contributed by atoms with Gasteiger partial charge >= 0.3 is 0 Å². The van der Waals surface area contributed by atoms with E-state index >= 15 is 0 Å². The summed E-state index contributed by atoms with van der Waals surface area (Å²) in [4.78, 5) is 0. The zero-order chi connectivity index (χ0) is 15.0. The molecule has 4 heteroatoms. The fraction of sp³-hybridized carbons (Fsp3) is 0.625. The number of benzene rings is 1. The Morgan fingerprint density at radius 1 is 1.30 bits per heavy atom. The Hall–Kier alpha value is -1.26. The molecule has 4 nitrogen and oxygen atoms in total. The number of nitrogens with one attached hydrogen (secondary N) is 1. The van der Waals surface area contributed by atoms with Crippen LogP contribution in [0.4, 0.5) is 0 Å². The third-order valence-corrected chi connectivity index (χ3v) is 3.33. The first-order valence-electron chi connectivity index (χ1n) is 7.23. The summed E-state index contributed by atoms with van der Waals surface area (Å²) in [6.07, 6.45) is 1.65. The highest BCUT2D eigenvalue weighted by molar-refractivity contribution is 5.39. The van der Waals surface area contributed by atoms with Gasteiger partial charge in [0.05, 0.1) is 19.3 Å². The lowest BCUT2D eigenvalue weighted by molar-refractivity contribution is 0.112. The maximum atomic E-state index is 9.43. The predicted molar refractivity (Wildman–Crippen MR) is 81.5 cm³/mol. The molecule has 20 heavy (non-hydrogen) atoms. The Morgan fingerprint density at radius 2 is 1.95 bits per heavy atom.